The number of halogens is 2. The molecule has 200 valence electrons. The average molecular weight is 562 g/mol. The van der Waals surface area contributed by atoms with Gasteiger partial charge in [-0.15, -0.1) is 0 Å². The first kappa shape index (κ1) is 27.0. The van der Waals surface area contributed by atoms with Gasteiger partial charge in [0, 0.05) is 45.8 Å². The highest BCUT2D eigenvalue weighted by molar-refractivity contribution is 6.35. The first-order chi connectivity index (χ1) is 18.9. The number of esters is 1. The summed E-state index contributed by atoms with van der Waals surface area (Å²) in [4.78, 5) is 27.4. The second-order valence-corrected chi connectivity index (χ2v) is 10.7. The van der Waals surface area contributed by atoms with Gasteiger partial charge < -0.3 is 14.8 Å². The lowest BCUT2D eigenvalue weighted by molar-refractivity contribution is -0.139. The van der Waals surface area contributed by atoms with Crippen LogP contribution in [0.5, 0.6) is 5.75 Å². The number of carbonyl (C=O) groups excluding carboxylic acids is 2. The third-order valence-corrected chi connectivity index (χ3v) is 7.94. The Morgan fingerprint density at radius 1 is 1.00 bits per heavy atom. The first-order valence-corrected chi connectivity index (χ1v) is 13.6. The molecule has 0 fully saturated rings. The van der Waals surface area contributed by atoms with Gasteiger partial charge in [-0.25, -0.2) is 4.79 Å². The molecule has 0 amide bonds. The van der Waals surface area contributed by atoms with E-state index in [9.17, 15) is 9.59 Å². The standard InChI is InChI=1S/C32H29Cl2NO4/c1-19-29(32(37)39-15-14-20-6-4-3-5-7-20)30(25-13-10-23(33)18-26(25)34)31-27(35-19)16-22(17-28(31)36)21-8-11-24(38-2)12-9-21/h3-13,18,22,30,35H,14-17H2,1-2H3/t22-,30-/m1/s1. The summed E-state index contributed by atoms with van der Waals surface area (Å²) in [5, 5.41) is 4.26. The van der Waals surface area contributed by atoms with Crippen LogP contribution in [0.15, 0.2) is 95.3 Å². The van der Waals surface area contributed by atoms with E-state index in [4.69, 9.17) is 32.7 Å². The molecule has 5 nitrogen and oxygen atoms in total. The Morgan fingerprint density at radius 2 is 1.74 bits per heavy atom. The van der Waals surface area contributed by atoms with E-state index < -0.39 is 11.9 Å². The van der Waals surface area contributed by atoms with Crippen LogP contribution in [-0.2, 0) is 20.7 Å². The summed E-state index contributed by atoms with van der Waals surface area (Å²) in [5.74, 6) is -0.378. The summed E-state index contributed by atoms with van der Waals surface area (Å²) in [7, 11) is 1.63. The van der Waals surface area contributed by atoms with Gasteiger partial charge in [0.2, 0.25) is 0 Å². The molecule has 0 spiro atoms. The van der Waals surface area contributed by atoms with E-state index in [0.717, 1.165) is 22.6 Å². The van der Waals surface area contributed by atoms with Crippen molar-refractivity contribution in [3.63, 3.8) is 0 Å². The Hall–Kier alpha value is -3.54. The summed E-state index contributed by atoms with van der Waals surface area (Å²) in [5.41, 5.74) is 5.20. The van der Waals surface area contributed by atoms with Gasteiger partial charge in [0.15, 0.2) is 5.78 Å². The van der Waals surface area contributed by atoms with E-state index in [1.807, 2.05) is 61.5 Å². The summed E-state index contributed by atoms with van der Waals surface area (Å²) >= 11 is 12.9. The number of ketones is 1. The van der Waals surface area contributed by atoms with Gasteiger partial charge in [-0.1, -0.05) is 71.7 Å². The monoisotopic (exact) mass is 561 g/mol. The number of carbonyl (C=O) groups is 2. The van der Waals surface area contributed by atoms with Crippen molar-refractivity contribution in [2.45, 2.75) is 38.0 Å². The summed E-state index contributed by atoms with van der Waals surface area (Å²) < 4.78 is 11.0. The lowest BCUT2D eigenvalue weighted by Crippen LogP contribution is -2.36. The van der Waals surface area contributed by atoms with E-state index in [1.165, 1.54) is 0 Å². The fourth-order valence-electron chi connectivity index (χ4n) is 5.45. The van der Waals surface area contributed by atoms with Crippen LogP contribution in [0, 0.1) is 0 Å². The Morgan fingerprint density at radius 3 is 2.44 bits per heavy atom. The molecule has 1 aliphatic heterocycles. The van der Waals surface area contributed by atoms with Gasteiger partial charge in [0.1, 0.15) is 5.75 Å². The van der Waals surface area contributed by atoms with Crippen molar-refractivity contribution in [2.24, 2.45) is 0 Å². The van der Waals surface area contributed by atoms with Crippen molar-refractivity contribution >= 4 is 35.0 Å². The normalized spacial score (nSPS) is 18.9. The molecule has 3 aromatic rings. The van der Waals surface area contributed by atoms with Gasteiger partial charge in [0.05, 0.1) is 19.3 Å². The molecular formula is C32H29Cl2NO4. The third kappa shape index (κ3) is 5.75. The molecular weight excluding hydrogens is 533 g/mol. The van der Waals surface area contributed by atoms with Crippen LogP contribution in [-0.4, -0.2) is 25.5 Å². The van der Waals surface area contributed by atoms with Crippen molar-refractivity contribution in [2.75, 3.05) is 13.7 Å². The predicted octanol–water partition coefficient (Wildman–Crippen LogP) is 7.15. The molecule has 39 heavy (non-hydrogen) atoms. The number of dihydropyridines is 1. The molecule has 0 radical (unpaired) electrons. The van der Waals surface area contributed by atoms with E-state index in [-0.39, 0.29) is 18.3 Å². The number of ether oxygens (including phenoxy) is 2. The average Bonchev–Trinajstić information content (AvgIpc) is 2.93. The number of Topliss-reactive ketones (excluding diaryl/α,β-unsaturated/α-hetero) is 1. The maximum Gasteiger partial charge on any atom is 0.336 e. The number of nitrogens with one attached hydrogen (secondary N) is 1. The van der Waals surface area contributed by atoms with Crippen LogP contribution in [0.2, 0.25) is 10.0 Å². The third-order valence-electron chi connectivity index (χ3n) is 7.37. The topological polar surface area (TPSA) is 64.6 Å². The molecule has 0 aromatic heterocycles. The van der Waals surface area contributed by atoms with Crippen LogP contribution in [0.4, 0.5) is 0 Å². The Bertz CT molecular complexity index is 1460. The van der Waals surface area contributed by atoms with Gasteiger partial charge in [-0.2, -0.15) is 0 Å². The first-order valence-electron chi connectivity index (χ1n) is 12.9. The zero-order valence-corrected chi connectivity index (χ0v) is 23.3. The Balaban J connectivity index is 1.48. The second-order valence-electron chi connectivity index (χ2n) is 9.83. The number of rotatable bonds is 7. The lowest BCUT2D eigenvalue weighted by Gasteiger charge is -2.37. The maximum absolute atomic E-state index is 13.8. The minimum absolute atomic E-state index is 0.00294. The molecule has 1 N–H and O–H groups in total. The maximum atomic E-state index is 13.8. The molecule has 0 saturated carbocycles. The molecule has 2 atom stereocenters. The molecule has 2 aliphatic rings. The van der Waals surface area contributed by atoms with E-state index >= 15 is 0 Å². The predicted molar refractivity (Wildman–Crippen MR) is 153 cm³/mol. The smallest absolute Gasteiger partial charge is 0.336 e. The highest BCUT2D eigenvalue weighted by Crippen LogP contribution is 2.47. The number of hydrogen-bond donors (Lipinski definition) is 1. The molecule has 3 aromatic carbocycles. The highest BCUT2D eigenvalue weighted by Gasteiger charge is 2.42. The fraction of sp³-hybridized carbons (Fsp3) is 0.250. The lowest BCUT2D eigenvalue weighted by atomic mass is 9.71. The van der Waals surface area contributed by atoms with Crippen molar-refractivity contribution in [3.8, 4) is 5.75 Å². The fourth-order valence-corrected chi connectivity index (χ4v) is 5.97. The van der Waals surface area contributed by atoms with Crippen molar-refractivity contribution in [1.82, 2.24) is 5.32 Å². The zero-order valence-electron chi connectivity index (χ0n) is 21.8. The largest absolute Gasteiger partial charge is 0.497 e. The molecule has 7 heteroatoms. The summed E-state index contributed by atoms with van der Waals surface area (Å²) in [6.07, 6.45) is 1.54. The molecule has 5 rings (SSSR count). The number of allylic oxidation sites excluding steroid dienone is 3. The quantitative estimate of drug-likeness (QED) is 0.310. The minimum atomic E-state index is -0.653. The number of benzene rings is 3. The van der Waals surface area contributed by atoms with Gasteiger partial charge in [0.25, 0.3) is 0 Å². The summed E-state index contributed by atoms with van der Waals surface area (Å²) in [6, 6.07) is 22.8. The SMILES string of the molecule is COc1ccc([C@H]2CC(=O)C3=C(C2)NC(C)=C(C(=O)OCCc2ccccc2)[C@H]3c2ccc(Cl)cc2Cl)cc1. The van der Waals surface area contributed by atoms with E-state index in [1.54, 1.807) is 25.3 Å². The Kier molecular flexibility index (Phi) is 8.10. The van der Waals surface area contributed by atoms with Crippen molar-refractivity contribution in [3.05, 3.63) is 122 Å². The van der Waals surface area contributed by atoms with Gasteiger partial charge >= 0.3 is 5.97 Å². The van der Waals surface area contributed by atoms with Gasteiger partial charge in [-0.3, -0.25) is 4.79 Å². The number of hydrogen-bond acceptors (Lipinski definition) is 5. The summed E-state index contributed by atoms with van der Waals surface area (Å²) in [6.45, 7) is 2.07. The molecule has 0 bridgehead atoms. The van der Waals surface area contributed by atoms with Crippen LogP contribution >= 0.6 is 23.2 Å². The van der Waals surface area contributed by atoms with Crippen LogP contribution in [0.25, 0.3) is 0 Å². The van der Waals surface area contributed by atoms with Gasteiger partial charge in [-0.05, 0) is 60.2 Å². The highest BCUT2D eigenvalue weighted by atomic mass is 35.5. The second kappa shape index (κ2) is 11.7. The van der Waals surface area contributed by atoms with Crippen LogP contribution < -0.4 is 10.1 Å². The van der Waals surface area contributed by atoms with E-state index in [0.29, 0.717) is 51.7 Å². The number of methoxy groups -OCH3 is 1. The molecule has 1 aliphatic carbocycles. The molecule has 0 saturated heterocycles. The van der Waals surface area contributed by atoms with Crippen molar-refractivity contribution < 1.29 is 19.1 Å². The van der Waals surface area contributed by atoms with Crippen molar-refractivity contribution in [1.29, 1.82) is 0 Å². The zero-order chi connectivity index (χ0) is 27.5. The van der Waals surface area contributed by atoms with Crippen LogP contribution in [0.3, 0.4) is 0 Å². The Labute approximate surface area is 238 Å². The molecule has 1 heterocycles. The molecule has 0 unspecified atom stereocenters. The van der Waals surface area contributed by atoms with E-state index in [2.05, 4.69) is 5.32 Å². The minimum Gasteiger partial charge on any atom is -0.497 e. The van der Waals surface area contributed by atoms with Crippen LogP contribution in [0.1, 0.15) is 48.3 Å².